The van der Waals surface area contributed by atoms with E-state index in [4.69, 9.17) is 9.90 Å². The molecule has 2 aromatic carbocycles. The summed E-state index contributed by atoms with van der Waals surface area (Å²) in [7, 11) is 0. The van der Waals surface area contributed by atoms with Crippen LogP contribution in [0.25, 0.3) is 22.2 Å². The smallest absolute Gasteiger partial charge is 0.0859 e. The van der Waals surface area contributed by atoms with E-state index in [9.17, 15) is 0 Å². The van der Waals surface area contributed by atoms with Crippen molar-refractivity contribution >= 4 is 16.9 Å². The maximum absolute atomic E-state index is 8.89. The molecule has 0 saturated heterocycles. The Labute approximate surface area is 160 Å². The van der Waals surface area contributed by atoms with Crippen LogP contribution in [-0.2, 0) is 11.2 Å². The molecular weight excluding hydrogens is 336 g/mol. The van der Waals surface area contributed by atoms with Gasteiger partial charge in [0, 0.05) is 29.0 Å². The van der Waals surface area contributed by atoms with Crippen LogP contribution in [0, 0.1) is 0 Å². The summed E-state index contributed by atoms with van der Waals surface area (Å²) in [5.41, 5.74) is 5.31. The third-order valence-electron chi connectivity index (χ3n) is 5.17. The van der Waals surface area contributed by atoms with Crippen LogP contribution in [0.1, 0.15) is 38.2 Å². The minimum absolute atomic E-state index is 0.861. The summed E-state index contributed by atoms with van der Waals surface area (Å²) >= 11 is 0. The standard InChI is InChI=1S/C21H24N2.C2H4O2/c1-2-8-16(9-3-1)21-19(14-15-22-17-10-4-5-11-17)18-12-6-7-13-20(18)23-21;1-2(3)4/h1-3,6-9,12-13,17,22-23H,4-5,10-11,14-15H2;1H3,(H,3,4). The van der Waals surface area contributed by atoms with E-state index >= 15 is 0 Å². The molecule has 0 aliphatic heterocycles. The molecule has 4 nitrogen and oxygen atoms in total. The third-order valence-corrected chi connectivity index (χ3v) is 5.17. The molecule has 3 aromatic rings. The number of fused-ring (bicyclic) bond motifs is 1. The first-order valence-corrected chi connectivity index (χ1v) is 9.81. The fourth-order valence-corrected chi connectivity index (χ4v) is 3.97. The summed E-state index contributed by atoms with van der Waals surface area (Å²) in [6, 6.07) is 20.3. The largest absolute Gasteiger partial charge is 0.550 e. The van der Waals surface area contributed by atoms with Gasteiger partial charge in [-0.15, -0.1) is 0 Å². The highest BCUT2D eigenvalue weighted by atomic mass is 16.4. The van der Waals surface area contributed by atoms with Gasteiger partial charge in [0.05, 0.1) is 12.6 Å². The average molecular weight is 364 g/mol. The molecule has 27 heavy (non-hydrogen) atoms. The van der Waals surface area contributed by atoms with Crippen LogP contribution in [0.2, 0.25) is 0 Å². The number of carbonyl (C=O) groups excluding carboxylic acids is 1. The van der Waals surface area contributed by atoms with Crippen LogP contribution >= 0.6 is 0 Å². The summed E-state index contributed by atoms with van der Waals surface area (Å²) in [4.78, 5) is 12.5. The molecule has 0 radical (unpaired) electrons. The van der Waals surface area contributed by atoms with Gasteiger partial charge in [-0.1, -0.05) is 48.5 Å². The number of nitrogens with one attached hydrogen (secondary N) is 1. The minimum Gasteiger partial charge on any atom is -0.550 e. The van der Waals surface area contributed by atoms with Gasteiger partial charge in [0.15, 0.2) is 0 Å². The second kappa shape index (κ2) is 9.38. The van der Waals surface area contributed by atoms with Crippen molar-refractivity contribution in [2.45, 2.75) is 45.1 Å². The van der Waals surface area contributed by atoms with Crippen LogP contribution in [-0.4, -0.2) is 23.5 Å². The van der Waals surface area contributed by atoms with E-state index in [1.165, 1.54) is 60.0 Å². The van der Waals surface area contributed by atoms with Crippen molar-refractivity contribution in [2.24, 2.45) is 0 Å². The van der Waals surface area contributed by atoms with Gasteiger partial charge in [0.2, 0.25) is 0 Å². The molecule has 3 N–H and O–H groups in total. The van der Waals surface area contributed by atoms with Crippen molar-refractivity contribution in [3.8, 4) is 11.3 Å². The Morgan fingerprint density at radius 1 is 1.07 bits per heavy atom. The summed E-state index contributed by atoms with van der Waals surface area (Å²) in [5.74, 6) is -1.08. The molecule has 142 valence electrons. The molecule has 4 heteroatoms. The van der Waals surface area contributed by atoms with Gasteiger partial charge < -0.3 is 20.2 Å². The van der Waals surface area contributed by atoms with Crippen molar-refractivity contribution in [1.29, 1.82) is 0 Å². The molecule has 1 aliphatic carbocycles. The summed E-state index contributed by atoms with van der Waals surface area (Å²) in [5, 5.41) is 12.8. The fourth-order valence-electron chi connectivity index (χ4n) is 3.97. The lowest BCUT2D eigenvalue weighted by Crippen LogP contribution is -2.89. The number of H-pyrrole nitrogens is 1. The molecule has 1 fully saturated rings. The van der Waals surface area contributed by atoms with Crippen molar-refractivity contribution in [3.05, 3.63) is 60.2 Å². The number of quaternary nitrogens is 1. The number of benzene rings is 2. The van der Waals surface area contributed by atoms with E-state index in [-0.39, 0.29) is 0 Å². The van der Waals surface area contributed by atoms with Crippen molar-refractivity contribution in [1.82, 2.24) is 4.98 Å². The van der Waals surface area contributed by atoms with Crippen LogP contribution in [0.5, 0.6) is 0 Å². The van der Waals surface area contributed by atoms with Gasteiger partial charge in [-0.05, 0) is 49.8 Å². The molecule has 1 aliphatic rings. The number of hydrogen-bond donors (Lipinski definition) is 2. The molecule has 4 rings (SSSR count). The molecule has 0 bridgehead atoms. The Hall–Kier alpha value is -2.59. The zero-order valence-electron chi connectivity index (χ0n) is 15.9. The predicted octanol–water partition coefficient (Wildman–Crippen LogP) is 2.64. The lowest BCUT2D eigenvalue weighted by atomic mass is 10.0. The second-order valence-corrected chi connectivity index (χ2v) is 7.20. The number of hydrogen-bond acceptors (Lipinski definition) is 2. The number of aromatic nitrogens is 1. The number of carboxylic acids is 1. The second-order valence-electron chi connectivity index (χ2n) is 7.20. The van der Waals surface area contributed by atoms with E-state index < -0.39 is 5.97 Å². The quantitative estimate of drug-likeness (QED) is 0.730. The lowest BCUT2D eigenvalue weighted by molar-refractivity contribution is -0.687. The molecule has 0 amide bonds. The van der Waals surface area contributed by atoms with Gasteiger partial charge in [-0.25, -0.2) is 0 Å². The molecule has 0 atom stereocenters. The maximum Gasteiger partial charge on any atom is 0.0859 e. The highest BCUT2D eigenvalue weighted by Gasteiger charge is 2.18. The Morgan fingerprint density at radius 3 is 2.41 bits per heavy atom. The summed E-state index contributed by atoms with van der Waals surface area (Å²) < 4.78 is 0. The number of para-hydroxylation sites is 1. The number of aromatic amines is 1. The summed E-state index contributed by atoms with van der Waals surface area (Å²) in [6.07, 6.45) is 6.77. The van der Waals surface area contributed by atoms with E-state index in [2.05, 4.69) is 64.9 Å². The number of nitrogens with two attached hydrogens (primary N) is 1. The van der Waals surface area contributed by atoms with Crippen LogP contribution < -0.4 is 10.4 Å². The zero-order chi connectivity index (χ0) is 19.1. The van der Waals surface area contributed by atoms with Crippen LogP contribution in [0.3, 0.4) is 0 Å². The molecule has 0 spiro atoms. The maximum atomic E-state index is 8.89. The molecule has 0 unspecified atom stereocenters. The highest BCUT2D eigenvalue weighted by Crippen LogP contribution is 2.30. The Bertz CT molecular complexity index is 860. The predicted molar refractivity (Wildman–Crippen MR) is 107 cm³/mol. The lowest BCUT2D eigenvalue weighted by Gasteiger charge is -2.09. The highest BCUT2D eigenvalue weighted by molar-refractivity contribution is 5.90. The number of carbonyl (C=O) groups is 1. The minimum atomic E-state index is -1.08. The van der Waals surface area contributed by atoms with E-state index in [1.807, 2.05) is 0 Å². The third kappa shape index (κ3) is 5.20. The van der Waals surface area contributed by atoms with E-state index in [0.29, 0.717) is 0 Å². The van der Waals surface area contributed by atoms with Crippen molar-refractivity contribution in [2.75, 3.05) is 6.54 Å². The van der Waals surface area contributed by atoms with Crippen LogP contribution in [0.15, 0.2) is 54.6 Å². The Balaban J connectivity index is 0.000000481. The van der Waals surface area contributed by atoms with Gasteiger partial charge in [-0.3, -0.25) is 0 Å². The average Bonchev–Trinajstić information content (AvgIpc) is 3.30. The molecule has 1 aromatic heterocycles. The summed E-state index contributed by atoms with van der Waals surface area (Å²) in [6.45, 7) is 2.16. The topological polar surface area (TPSA) is 72.5 Å². The number of rotatable bonds is 5. The molecular formula is C23H28N2O2. The number of carboxylic acid groups (broad SMARTS) is 1. The van der Waals surface area contributed by atoms with E-state index in [1.54, 1.807) is 0 Å². The first kappa shape index (κ1) is 19.2. The van der Waals surface area contributed by atoms with Gasteiger partial charge in [0.25, 0.3) is 0 Å². The SMILES string of the molecule is CC(=O)[O-].c1ccc(-c2[nH]c3ccccc3c2CC[NH2+]C2CCCC2)cc1. The molecule has 1 heterocycles. The first-order valence-electron chi connectivity index (χ1n) is 9.81. The monoisotopic (exact) mass is 364 g/mol. The van der Waals surface area contributed by atoms with E-state index in [0.717, 1.165) is 19.4 Å². The molecule has 1 saturated carbocycles. The van der Waals surface area contributed by atoms with Crippen molar-refractivity contribution in [3.63, 3.8) is 0 Å². The Kier molecular flexibility index (Phi) is 6.66. The fraction of sp³-hybridized carbons (Fsp3) is 0.348. The van der Waals surface area contributed by atoms with Gasteiger partial charge in [0.1, 0.15) is 0 Å². The first-order chi connectivity index (χ1) is 13.1. The normalized spacial score (nSPS) is 14.1. The van der Waals surface area contributed by atoms with Gasteiger partial charge >= 0.3 is 0 Å². The van der Waals surface area contributed by atoms with Crippen molar-refractivity contribution < 1.29 is 15.2 Å². The van der Waals surface area contributed by atoms with Crippen LogP contribution in [0.4, 0.5) is 0 Å². The zero-order valence-corrected chi connectivity index (χ0v) is 15.9. The Morgan fingerprint density at radius 2 is 1.70 bits per heavy atom. The number of aliphatic carboxylic acids is 1. The van der Waals surface area contributed by atoms with Gasteiger partial charge in [-0.2, -0.15) is 0 Å².